The highest BCUT2D eigenvalue weighted by Gasteiger charge is 2.16. The molecule has 0 bridgehead atoms. The highest BCUT2D eigenvalue weighted by Crippen LogP contribution is 2.18. The van der Waals surface area contributed by atoms with Crippen LogP contribution in [0.3, 0.4) is 0 Å². The summed E-state index contributed by atoms with van der Waals surface area (Å²) in [6, 6.07) is 3.22. The van der Waals surface area contributed by atoms with E-state index in [2.05, 4.69) is 4.98 Å². The summed E-state index contributed by atoms with van der Waals surface area (Å²) < 4.78 is 0. The predicted octanol–water partition coefficient (Wildman–Crippen LogP) is 1.10. The Hall–Kier alpha value is -1.09. The minimum atomic E-state index is -0.828. The van der Waals surface area contributed by atoms with Crippen LogP contribution >= 0.6 is 0 Å². The summed E-state index contributed by atoms with van der Waals surface area (Å²) in [5, 5.41) is 18.7. The second-order valence-corrected chi connectivity index (χ2v) is 3.46. The van der Waals surface area contributed by atoms with E-state index in [9.17, 15) is 10.2 Å². The molecule has 0 saturated heterocycles. The molecule has 0 radical (unpaired) electrons. The van der Waals surface area contributed by atoms with Gasteiger partial charge in [-0.3, -0.25) is 4.98 Å². The number of pyridine rings is 1. The standard InChI is InChI=1S/C9H13NO2/c1-9(2,12)6-7-8(11)4-3-5-10-7/h3-5,11-12H,6H2,1-2H3. The van der Waals surface area contributed by atoms with Crippen LogP contribution < -0.4 is 0 Å². The van der Waals surface area contributed by atoms with E-state index in [1.54, 1.807) is 32.2 Å². The topological polar surface area (TPSA) is 53.4 Å². The lowest BCUT2D eigenvalue weighted by atomic mass is 10.0. The Labute approximate surface area is 71.7 Å². The first-order valence-corrected chi connectivity index (χ1v) is 3.84. The molecule has 0 atom stereocenters. The molecule has 0 saturated carbocycles. The first-order valence-electron chi connectivity index (χ1n) is 3.84. The van der Waals surface area contributed by atoms with Gasteiger partial charge < -0.3 is 10.2 Å². The molecule has 66 valence electrons. The van der Waals surface area contributed by atoms with Gasteiger partial charge in [0.2, 0.25) is 0 Å². The fourth-order valence-corrected chi connectivity index (χ4v) is 0.975. The molecule has 0 aromatic carbocycles. The molecule has 1 aromatic rings. The Morgan fingerprint density at radius 3 is 2.67 bits per heavy atom. The molecule has 1 rings (SSSR count). The van der Waals surface area contributed by atoms with Crippen LogP contribution in [0.15, 0.2) is 18.3 Å². The van der Waals surface area contributed by atoms with Crippen molar-refractivity contribution in [3.63, 3.8) is 0 Å². The number of aliphatic hydroxyl groups is 1. The highest BCUT2D eigenvalue weighted by molar-refractivity contribution is 5.25. The van der Waals surface area contributed by atoms with Gasteiger partial charge in [0.1, 0.15) is 5.75 Å². The molecule has 3 heteroatoms. The molecule has 12 heavy (non-hydrogen) atoms. The molecule has 0 aliphatic carbocycles. The zero-order valence-electron chi connectivity index (χ0n) is 7.28. The van der Waals surface area contributed by atoms with Crippen molar-refractivity contribution in [1.82, 2.24) is 4.98 Å². The van der Waals surface area contributed by atoms with Crippen LogP contribution in [0.4, 0.5) is 0 Å². The predicted molar refractivity (Wildman–Crippen MR) is 45.9 cm³/mol. The quantitative estimate of drug-likeness (QED) is 0.693. The summed E-state index contributed by atoms with van der Waals surface area (Å²) in [7, 11) is 0. The summed E-state index contributed by atoms with van der Waals surface area (Å²) >= 11 is 0. The van der Waals surface area contributed by atoms with Crippen molar-refractivity contribution >= 4 is 0 Å². The van der Waals surface area contributed by atoms with Crippen molar-refractivity contribution in [1.29, 1.82) is 0 Å². The Morgan fingerprint density at radius 2 is 2.17 bits per heavy atom. The van der Waals surface area contributed by atoms with Crippen LogP contribution in [0.2, 0.25) is 0 Å². The lowest BCUT2D eigenvalue weighted by Crippen LogP contribution is -2.22. The maximum absolute atomic E-state index is 9.44. The summed E-state index contributed by atoms with van der Waals surface area (Å²) in [5.41, 5.74) is -0.295. The SMILES string of the molecule is CC(C)(O)Cc1ncccc1O. The van der Waals surface area contributed by atoms with E-state index in [0.717, 1.165) is 0 Å². The van der Waals surface area contributed by atoms with Crippen molar-refractivity contribution in [2.75, 3.05) is 0 Å². The van der Waals surface area contributed by atoms with Gasteiger partial charge in [0.05, 0.1) is 11.3 Å². The molecule has 1 aromatic heterocycles. The van der Waals surface area contributed by atoms with Gasteiger partial charge in [0.15, 0.2) is 0 Å². The second-order valence-electron chi connectivity index (χ2n) is 3.46. The minimum Gasteiger partial charge on any atom is -0.506 e. The first-order chi connectivity index (χ1) is 5.49. The molecule has 0 spiro atoms. The summed E-state index contributed by atoms with van der Waals surface area (Å²) in [6.45, 7) is 3.36. The molecule has 0 unspecified atom stereocenters. The van der Waals surface area contributed by atoms with Gasteiger partial charge in [-0.1, -0.05) is 0 Å². The Bertz CT molecular complexity index is 265. The van der Waals surface area contributed by atoms with E-state index in [4.69, 9.17) is 0 Å². The molecular weight excluding hydrogens is 154 g/mol. The maximum Gasteiger partial charge on any atom is 0.137 e. The van der Waals surface area contributed by atoms with Crippen molar-refractivity contribution < 1.29 is 10.2 Å². The van der Waals surface area contributed by atoms with Crippen molar-refractivity contribution in [3.8, 4) is 5.75 Å². The first kappa shape index (κ1) is 9.00. The third-order valence-electron chi connectivity index (χ3n) is 1.47. The van der Waals surface area contributed by atoms with E-state index < -0.39 is 5.60 Å². The molecule has 1 heterocycles. The number of nitrogens with zero attached hydrogens (tertiary/aromatic N) is 1. The number of aromatic hydroxyl groups is 1. The monoisotopic (exact) mass is 167 g/mol. The minimum absolute atomic E-state index is 0.139. The Balaban J connectivity index is 2.83. The summed E-state index contributed by atoms with van der Waals surface area (Å²) in [5.74, 6) is 0.139. The zero-order chi connectivity index (χ0) is 9.19. The number of hydrogen-bond acceptors (Lipinski definition) is 3. The molecule has 0 fully saturated rings. The van der Waals surface area contributed by atoms with E-state index >= 15 is 0 Å². The molecule has 0 amide bonds. The highest BCUT2D eigenvalue weighted by atomic mass is 16.3. The number of rotatable bonds is 2. The van der Waals surface area contributed by atoms with Crippen molar-refractivity contribution in [3.05, 3.63) is 24.0 Å². The Morgan fingerprint density at radius 1 is 1.50 bits per heavy atom. The van der Waals surface area contributed by atoms with Crippen LogP contribution in [0, 0.1) is 0 Å². The van der Waals surface area contributed by atoms with E-state index in [1.807, 2.05) is 0 Å². The number of aromatic nitrogens is 1. The van der Waals surface area contributed by atoms with Gasteiger partial charge in [-0.25, -0.2) is 0 Å². The zero-order valence-corrected chi connectivity index (χ0v) is 7.28. The van der Waals surface area contributed by atoms with Crippen molar-refractivity contribution in [2.45, 2.75) is 25.9 Å². The van der Waals surface area contributed by atoms with Crippen LogP contribution in [0.1, 0.15) is 19.5 Å². The molecule has 0 aliphatic heterocycles. The van der Waals surface area contributed by atoms with Crippen molar-refractivity contribution in [2.24, 2.45) is 0 Å². The fraction of sp³-hybridized carbons (Fsp3) is 0.444. The smallest absolute Gasteiger partial charge is 0.137 e. The lowest BCUT2D eigenvalue weighted by molar-refractivity contribution is 0.0791. The van der Waals surface area contributed by atoms with E-state index in [-0.39, 0.29) is 5.75 Å². The average Bonchev–Trinajstić information content (AvgIpc) is 1.91. The van der Waals surface area contributed by atoms with Gasteiger partial charge in [-0.05, 0) is 26.0 Å². The molecule has 2 N–H and O–H groups in total. The van der Waals surface area contributed by atoms with Gasteiger partial charge in [0, 0.05) is 12.6 Å². The van der Waals surface area contributed by atoms with Gasteiger partial charge in [0.25, 0.3) is 0 Å². The van der Waals surface area contributed by atoms with Crippen LogP contribution in [-0.4, -0.2) is 20.8 Å². The largest absolute Gasteiger partial charge is 0.506 e. The maximum atomic E-state index is 9.44. The van der Waals surface area contributed by atoms with Gasteiger partial charge in [-0.15, -0.1) is 0 Å². The average molecular weight is 167 g/mol. The molecule has 3 nitrogen and oxygen atoms in total. The molecular formula is C9H13NO2. The third-order valence-corrected chi connectivity index (χ3v) is 1.47. The second kappa shape index (κ2) is 3.11. The third kappa shape index (κ3) is 2.51. The van der Waals surface area contributed by atoms with Crippen LogP contribution in [0.25, 0.3) is 0 Å². The van der Waals surface area contributed by atoms with Gasteiger partial charge in [-0.2, -0.15) is 0 Å². The number of hydrogen-bond donors (Lipinski definition) is 2. The van der Waals surface area contributed by atoms with Crippen LogP contribution in [0.5, 0.6) is 5.75 Å². The van der Waals surface area contributed by atoms with Gasteiger partial charge >= 0.3 is 0 Å². The fourth-order valence-electron chi connectivity index (χ4n) is 0.975. The summed E-state index contributed by atoms with van der Waals surface area (Å²) in [6.07, 6.45) is 1.96. The lowest BCUT2D eigenvalue weighted by Gasteiger charge is -2.16. The Kier molecular flexibility index (Phi) is 2.33. The van der Waals surface area contributed by atoms with E-state index in [1.165, 1.54) is 0 Å². The summed E-state index contributed by atoms with van der Waals surface area (Å²) in [4.78, 5) is 3.95. The molecule has 0 aliphatic rings. The normalized spacial score (nSPS) is 11.6. The van der Waals surface area contributed by atoms with Crippen LogP contribution in [-0.2, 0) is 6.42 Å². The van der Waals surface area contributed by atoms with E-state index in [0.29, 0.717) is 12.1 Å².